The van der Waals surface area contributed by atoms with Gasteiger partial charge in [-0.2, -0.15) is 0 Å². The predicted octanol–water partition coefficient (Wildman–Crippen LogP) is 3.98. The molecule has 8 nitrogen and oxygen atoms in total. The Kier molecular flexibility index (Phi) is 8.42. The van der Waals surface area contributed by atoms with E-state index in [4.69, 9.17) is 4.74 Å². The molecule has 0 saturated carbocycles. The molecular formula is C31H34FN3O5S. The fourth-order valence-electron chi connectivity index (χ4n) is 5.41. The normalized spacial score (nSPS) is 17.2. The Bertz CT molecular complexity index is 1570. The molecule has 0 bridgehead atoms. The van der Waals surface area contributed by atoms with Gasteiger partial charge in [-0.15, -0.1) is 0 Å². The first kappa shape index (κ1) is 28.8. The number of nitrogens with zero attached hydrogens (tertiary/aromatic N) is 1. The van der Waals surface area contributed by atoms with Crippen molar-refractivity contribution in [1.82, 2.24) is 15.5 Å². The lowest BCUT2D eigenvalue weighted by atomic mass is 10.00. The van der Waals surface area contributed by atoms with Gasteiger partial charge in [0.15, 0.2) is 9.84 Å². The summed E-state index contributed by atoms with van der Waals surface area (Å²) in [4.78, 5) is 27.4. The fourth-order valence-corrected chi connectivity index (χ4v) is 6.17. The molecule has 0 aliphatic carbocycles. The van der Waals surface area contributed by atoms with Crippen LogP contribution in [0.25, 0.3) is 11.1 Å². The number of ether oxygens (including phenoxy) is 1. The number of rotatable bonds is 6. The highest BCUT2D eigenvalue weighted by Crippen LogP contribution is 2.31. The van der Waals surface area contributed by atoms with E-state index in [2.05, 4.69) is 10.6 Å². The van der Waals surface area contributed by atoms with Crippen LogP contribution in [0.15, 0.2) is 59.5 Å². The summed E-state index contributed by atoms with van der Waals surface area (Å²) in [6, 6.07) is 15.9. The molecule has 3 aromatic carbocycles. The molecule has 216 valence electrons. The number of benzene rings is 3. The van der Waals surface area contributed by atoms with Crippen LogP contribution in [0.2, 0.25) is 0 Å². The number of halogens is 1. The van der Waals surface area contributed by atoms with Crippen molar-refractivity contribution in [2.24, 2.45) is 0 Å². The highest BCUT2D eigenvalue weighted by atomic mass is 32.2. The summed E-state index contributed by atoms with van der Waals surface area (Å²) in [5.74, 6) is -0.689. The zero-order chi connectivity index (χ0) is 29.1. The van der Waals surface area contributed by atoms with Crippen LogP contribution in [-0.2, 0) is 22.8 Å². The highest BCUT2D eigenvalue weighted by Gasteiger charge is 2.27. The molecule has 2 aliphatic heterocycles. The largest absolute Gasteiger partial charge is 0.491 e. The van der Waals surface area contributed by atoms with Gasteiger partial charge < -0.3 is 20.3 Å². The molecule has 1 atom stereocenters. The molecule has 0 radical (unpaired) electrons. The SMILES string of the molecule is CCc1c(C(=O)N2CCOc3ccc(-c4ccc(C(=O)NC5CCCNC5)cc4)cc3C2)ccc(S(C)(=O)=O)c1F. The maximum Gasteiger partial charge on any atom is 0.254 e. The smallest absolute Gasteiger partial charge is 0.254 e. The van der Waals surface area contributed by atoms with E-state index in [1.807, 2.05) is 30.3 Å². The zero-order valence-electron chi connectivity index (χ0n) is 23.2. The van der Waals surface area contributed by atoms with Crippen LogP contribution >= 0.6 is 0 Å². The highest BCUT2D eigenvalue weighted by molar-refractivity contribution is 7.90. The molecule has 10 heteroatoms. The van der Waals surface area contributed by atoms with Crippen LogP contribution in [0.4, 0.5) is 4.39 Å². The van der Waals surface area contributed by atoms with Gasteiger partial charge in [0.25, 0.3) is 11.8 Å². The molecule has 41 heavy (non-hydrogen) atoms. The average Bonchev–Trinajstić information content (AvgIpc) is 3.18. The number of piperidine rings is 1. The van der Waals surface area contributed by atoms with Gasteiger partial charge in [0.2, 0.25) is 0 Å². The van der Waals surface area contributed by atoms with E-state index in [-0.39, 0.29) is 48.6 Å². The van der Waals surface area contributed by atoms with Crippen LogP contribution in [-0.4, -0.2) is 63.7 Å². The van der Waals surface area contributed by atoms with Crippen LogP contribution in [0.1, 0.15) is 51.6 Å². The molecule has 2 amide bonds. The van der Waals surface area contributed by atoms with Gasteiger partial charge in [-0.25, -0.2) is 12.8 Å². The second-order valence-corrected chi connectivity index (χ2v) is 12.5. The molecule has 2 heterocycles. The van der Waals surface area contributed by atoms with Crippen LogP contribution in [0.3, 0.4) is 0 Å². The van der Waals surface area contributed by atoms with Crippen LogP contribution < -0.4 is 15.4 Å². The molecule has 1 fully saturated rings. The van der Waals surface area contributed by atoms with E-state index in [1.165, 1.54) is 6.07 Å². The number of amides is 2. The standard InChI is InChI=1S/C31H34FN3O5S/c1-3-25-26(11-13-28(29(25)32)41(2,38)39)31(37)35-15-16-40-27-12-10-22(17-23(27)19-35)20-6-8-21(9-7-20)30(36)34-24-5-4-14-33-18-24/h6-13,17,24,33H,3-5,14-16,18-19H2,1-2H3,(H,34,36). The Morgan fingerprint density at radius 1 is 1.10 bits per heavy atom. The summed E-state index contributed by atoms with van der Waals surface area (Å²) in [7, 11) is -3.77. The van der Waals surface area contributed by atoms with Crippen molar-refractivity contribution in [1.29, 1.82) is 0 Å². The summed E-state index contributed by atoms with van der Waals surface area (Å²) in [6.07, 6.45) is 3.13. The zero-order valence-corrected chi connectivity index (χ0v) is 24.0. The number of carbonyl (C=O) groups excluding carboxylic acids is 2. The fraction of sp³-hybridized carbons (Fsp3) is 0.355. The van der Waals surface area contributed by atoms with Gasteiger partial charge in [0, 0.05) is 47.6 Å². The molecule has 0 spiro atoms. The number of hydrogen-bond acceptors (Lipinski definition) is 6. The third-order valence-electron chi connectivity index (χ3n) is 7.63. The summed E-state index contributed by atoms with van der Waals surface area (Å²) in [5.41, 5.74) is 3.44. The molecule has 2 aliphatic rings. The minimum absolute atomic E-state index is 0.0842. The predicted molar refractivity (Wildman–Crippen MR) is 154 cm³/mol. The Hall–Kier alpha value is -3.76. The van der Waals surface area contributed by atoms with Gasteiger partial charge in [-0.05, 0) is 73.3 Å². The van der Waals surface area contributed by atoms with E-state index >= 15 is 4.39 Å². The lowest BCUT2D eigenvalue weighted by molar-refractivity contribution is 0.0731. The van der Waals surface area contributed by atoms with Gasteiger partial charge in [-0.3, -0.25) is 9.59 Å². The molecule has 5 rings (SSSR count). The minimum Gasteiger partial charge on any atom is -0.491 e. The second-order valence-electron chi connectivity index (χ2n) is 10.5. The van der Waals surface area contributed by atoms with Crippen LogP contribution in [0.5, 0.6) is 5.75 Å². The summed E-state index contributed by atoms with van der Waals surface area (Å²) in [6.45, 7) is 4.26. The van der Waals surface area contributed by atoms with E-state index in [0.717, 1.165) is 54.9 Å². The van der Waals surface area contributed by atoms with Crippen molar-refractivity contribution in [2.75, 3.05) is 32.5 Å². The first-order valence-electron chi connectivity index (χ1n) is 13.8. The number of sulfone groups is 1. The summed E-state index contributed by atoms with van der Waals surface area (Å²) >= 11 is 0. The van der Waals surface area contributed by atoms with Crippen molar-refractivity contribution in [2.45, 2.75) is 43.7 Å². The topological polar surface area (TPSA) is 105 Å². The number of carbonyl (C=O) groups is 2. The van der Waals surface area contributed by atoms with Gasteiger partial charge in [0.05, 0.1) is 6.54 Å². The molecule has 2 N–H and O–H groups in total. The monoisotopic (exact) mass is 579 g/mol. The number of nitrogens with one attached hydrogen (secondary N) is 2. The Morgan fingerprint density at radius 2 is 1.85 bits per heavy atom. The van der Waals surface area contributed by atoms with Gasteiger partial charge in [0.1, 0.15) is 23.1 Å². The van der Waals surface area contributed by atoms with Crippen molar-refractivity contribution >= 4 is 21.7 Å². The summed E-state index contributed by atoms with van der Waals surface area (Å²) in [5, 5.41) is 6.38. The molecule has 3 aromatic rings. The Balaban J connectivity index is 1.35. The molecular weight excluding hydrogens is 545 g/mol. The van der Waals surface area contributed by atoms with E-state index in [0.29, 0.717) is 17.9 Å². The van der Waals surface area contributed by atoms with Gasteiger partial charge >= 0.3 is 0 Å². The molecule has 0 aromatic heterocycles. The lowest BCUT2D eigenvalue weighted by Crippen LogP contribution is -2.45. The van der Waals surface area contributed by atoms with Crippen molar-refractivity contribution in [3.05, 3.63) is 82.7 Å². The average molecular weight is 580 g/mol. The number of hydrogen-bond donors (Lipinski definition) is 2. The van der Waals surface area contributed by atoms with Gasteiger partial charge in [-0.1, -0.05) is 25.1 Å². The quantitative estimate of drug-likeness (QED) is 0.458. The maximum atomic E-state index is 15.1. The molecule has 1 unspecified atom stereocenters. The van der Waals surface area contributed by atoms with E-state index in [1.54, 1.807) is 24.0 Å². The van der Waals surface area contributed by atoms with E-state index < -0.39 is 20.5 Å². The first-order chi connectivity index (χ1) is 19.7. The van der Waals surface area contributed by atoms with Crippen LogP contribution in [0, 0.1) is 5.82 Å². The number of fused-ring (bicyclic) bond motifs is 1. The minimum atomic E-state index is -3.77. The first-order valence-corrected chi connectivity index (χ1v) is 15.7. The Labute approximate surface area is 239 Å². The van der Waals surface area contributed by atoms with Crippen molar-refractivity contribution < 1.29 is 27.1 Å². The lowest BCUT2D eigenvalue weighted by Gasteiger charge is -2.23. The van der Waals surface area contributed by atoms with E-state index in [9.17, 15) is 18.0 Å². The second kappa shape index (κ2) is 12.0. The maximum absolute atomic E-state index is 15.1. The third kappa shape index (κ3) is 6.28. The third-order valence-corrected chi connectivity index (χ3v) is 8.75. The van der Waals surface area contributed by atoms with Crippen molar-refractivity contribution in [3.8, 4) is 16.9 Å². The summed E-state index contributed by atoms with van der Waals surface area (Å²) < 4.78 is 45.0. The van der Waals surface area contributed by atoms with Crippen molar-refractivity contribution in [3.63, 3.8) is 0 Å². The molecule has 1 saturated heterocycles. The Morgan fingerprint density at radius 3 is 2.54 bits per heavy atom.